The fourth-order valence-corrected chi connectivity index (χ4v) is 2.74. The summed E-state index contributed by atoms with van der Waals surface area (Å²) in [6, 6.07) is 14.2. The molecule has 0 saturated carbocycles. The van der Waals surface area contributed by atoms with Gasteiger partial charge in [0.25, 0.3) is 0 Å². The molecule has 0 aliphatic rings. The maximum Gasteiger partial charge on any atom is 0.122 e. The summed E-state index contributed by atoms with van der Waals surface area (Å²) in [5, 5.41) is 10.9. The van der Waals surface area contributed by atoms with Crippen LogP contribution < -0.4 is 4.74 Å². The van der Waals surface area contributed by atoms with Gasteiger partial charge in [0.1, 0.15) is 5.75 Å². The largest absolute Gasteiger partial charge is 0.496 e. The van der Waals surface area contributed by atoms with Crippen LogP contribution in [0.25, 0.3) is 0 Å². The highest BCUT2D eigenvalue weighted by Crippen LogP contribution is 2.39. The van der Waals surface area contributed by atoms with E-state index in [9.17, 15) is 5.11 Å². The zero-order valence-electron chi connectivity index (χ0n) is 13.5. The number of aryl methyl sites for hydroxylation is 2. The molecule has 0 fully saturated rings. The highest BCUT2D eigenvalue weighted by molar-refractivity contribution is 5.44. The standard InChI is InChI=1S/C19H24O2/c1-13-12-17(21-5)14(2)11-16(13)18(20)19(3,4)15-9-7-6-8-10-15/h6-12,18,20H,1-5H3. The number of aliphatic hydroxyl groups excluding tert-OH is 1. The fourth-order valence-electron chi connectivity index (χ4n) is 2.74. The summed E-state index contributed by atoms with van der Waals surface area (Å²) in [7, 11) is 1.67. The Kier molecular flexibility index (Phi) is 4.38. The van der Waals surface area contributed by atoms with Crippen molar-refractivity contribution in [2.45, 2.75) is 39.2 Å². The monoisotopic (exact) mass is 284 g/mol. The number of methoxy groups -OCH3 is 1. The Hall–Kier alpha value is -1.80. The van der Waals surface area contributed by atoms with Crippen molar-refractivity contribution in [3.8, 4) is 5.75 Å². The molecule has 2 aromatic carbocycles. The van der Waals surface area contributed by atoms with Gasteiger partial charge in [-0.2, -0.15) is 0 Å². The van der Waals surface area contributed by atoms with Crippen LogP contribution in [0.1, 0.15) is 42.2 Å². The van der Waals surface area contributed by atoms with Crippen molar-refractivity contribution in [2.75, 3.05) is 7.11 Å². The summed E-state index contributed by atoms with van der Waals surface area (Å²) in [6.45, 7) is 8.17. The van der Waals surface area contributed by atoms with E-state index in [2.05, 4.69) is 26.0 Å². The van der Waals surface area contributed by atoms with Gasteiger partial charge in [-0.25, -0.2) is 0 Å². The van der Waals surface area contributed by atoms with E-state index in [0.29, 0.717) is 0 Å². The lowest BCUT2D eigenvalue weighted by atomic mass is 9.75. The van der Waals surface area contributed by atoms with E-state index in [4.69, 9.17) is 4.74 Å². The normalized spacial score (nSPS) is 13.0. The van der Waals surface area contributed by atoms with Gasteiger partial charge in [-0.05, 0) is 48.2 Å². The third-order valence-corrected chi connectivity index (χ3v) is 4.28. The number of benzene rings is 2. The van der Waals surface area contributed by atoms with Gasteiger partial charge in [0.15, 0.2) is 0 Å². The molecule has 1 N–H and O–H groups in total. The smallest absolute Gasteiger partial charge is 0.122 e. The summed E-state index contributed by atoms with van der Waals surface area (Å²) in [6.07, 6.45) is -0.565. The molecule has 0 aliphatic carbocycles. The van der Waals surface area contributed by atoms with E-state index in [1.807, 2.05) is 44.2 Å². The van der Waals surface area contributed by atoms with Gasteiger partial charge >= 0.3 is 0 Å². The maximum absolute atomic E-state index is 10.9. The molecule has 0 radical (unpaired) electrons. The van der Waals surface area contributed by atoms with Crippen molar-refractivity contribution >= 4 is 0 Å². The van der Waals surface area contributed by atoms with E-state index in [-0.39, 0.29) is 5.41 Å². The van der Waals surface area contributed by atoms with Crippen LogP contribution in [0.15, 0.2) is 42.5 Å². The summed E-state index contributed by atoms with van der Waals surface area (Å²) in [4.78, 5) is 0. The van der Waals surface area contributed by atoms with Gasteiger partial charge < -0.3 is 9.84 Å². The molecule has 0 aliphatic heterocycles. The van der Waals surface area contributed by atoms with Gasteiger partial charge in [-0.1, -0.05) is 44.2 Å². The topological polar surface area (TPSA) is 29.5 Å². The highest BCUT2D eigenvalue weighted by atomic mass is 16.5. The molecular weight excluding hydrogens is 260 g/mol. The Morgan fingerprint density at radius 2 is 1.62 bits per heavy atom. The summed E-state index contributed by atoms with van der Waals surface area (Å²) in [5.41, 5.74) is 3.83. The second-order valence-corrected chi connectivity index (χ2v) is 6.17. The summed E-state index contributed by atoms with van der Waals surface area (Å²) >= 11 is 0. The average Bonchev–Trinajstić information content (AvgIpc) is 2.49. The van der Waals surface area contributed by atoms with Gasteiger partial charge in [0, 0.05) is 5.41 Å². The minimum Gasteiger partial charge on any atom is -0.496 e. The molecule has 0 spiro atoms. The minimum atomic E-state index is -0.565. The second-order valence-electron chi connectivity index (χ2n) is 6.17. The quantitative estimate of drug-likeness (QED) is 0.906. The van der Waals surface area contributed by atoms with E-state index in [0.717, 1.165) is 28.0 Å². The molecule has 21 heavy (non-hydrogen) atoms. The maximum atomic E-state index is 10.9. The van der Waals surface area contributed by atoms with E-state index < -0.39 is 6.10 Å². The summed E-state index contributed by atoms with van der Waals surface area (Å²) in [5.74, 6) is 0.862. The predicted molar refractivity (Wildman–Crippen MR) is 86.9 cm³/mol. The first kappa shape index (κ1) is 15.6. The van der Waals surface area contributed by atoms with Crippen molar-refractivity contribution < 1.29 is 9.84 Å². The molecule has 1 atom stereocenters. The van der Waals surface area contributed by atoms with E-state index >= 15 is 0 Å². The Bertz CT molecular complexity index is 615. The van der Waals surface area contributed by atoms with Crippen LogP contribution >= 0.6 is 0 Å². The van der Waals surface area contributed by atoms with Crippen LogP contribution in [0.3, 0.4) is 0 Å². The average molecular weight is 284 g/mol. The molecule has 0 amide bonds. The number of rotatable bonds is 4. The first-order valence-corrected chi connectivity index (χ1v) is 7.26. The molecule has 0 heterocycles. The van der Waals surface area contributed by atoms with Gasteiger partial charge in [0.05, 0.1) is 13.2 Å². The van der Waals surface area contributed by atoms with Crippen molar-refractivity contribution in [3.05, 3.63) is 64.7 Å². The van der Waals surface area contributed by atoms with Crippen molar-refractivity contribution in [1.82, 2.24) is 0 Å². The van der Waals surface area contributed by atoms with Crippen molar-refractivity contribution in [3.63, 3.8) is 0 Å². The van der Waals surface area contributed by atoms with Crippen LogP contribution in [0, 0.1) is 13.8 Å². The Morgan fingerprint density at radius 3 is 2.19 bits per heavy atom. The third-order valence-electron chi connectivity index (χ3n) is 4.28. The molecule has 112 valence electrons. The number of hydrogen-bond donors (Lipinski definition) is 1. The second kappa shape index (κ2) is 5.90. The fraction of sp³-hybridized carbons (Fsp3) is 0.368. The van der Waals surface area contributed by atoms with Crippen LogP contribution in [0.2, 0.25) is 0 Å². The predicted octanol–water partition coefficient (Wildman–Crippen LogP) is 4.32. The first-order chi connectivity index (χ1) is 9.87. The van der Waals surface area contributed by atoms with Gasteiger partial charge in [-0.15, -0.1) is 0 Å². The van der Waals surface area contributed by atoms with Gasteiger partial charge in [0.2, 0.25) is 0 Å². The number of hydrogen-bond acceptors (Lipinski definition) is 2. The summed E-state index contributed by atoms with van der Waals surface area (Å²) < 4.78 is 5.35. The van der Waals surface area contributed by atoms with E-state index in [1.165, 1.54) is 0 Å². The Morgan fingerprint density at radius 1 is 1.00 bits per heavy atom. The zero-order chi connectivity index (χ0) is 15.6. The van der Waals surface area contributed by atoms with Crippen molar-refractivity contribution in [2.24, 2.45) is 0 Å². The Labute approximate surface area is 127 Å². The van der Waals surface area contributed by atoms with Crippen LogP contribution in [-0.4, -0.2) is 12.2 Å². The lowest BCUT2D eigenvalue weighted by molar-refractivity contribution is 0.0995. The molecule has 2 heteroatoms. The first-order valence-electron chi connectivity index (χ1n) is 7.26. The van der Waals surface area contributed by atoms with Crippen LogP contribution in [0.4, 0.5) is 0 Å². The lowest BCUT2D eigenvalue weighted by Crippen LogP contribution is -2.27. The van der Waals surface area contributed by atoms with E-state index in [1.54, 1.807) is 7.11 Å². The molecule has 1 unspecified atom stereocenters. The molecule has 0 bridgehead atoms. The molecule has 2 nitrogen and oxygen atoms in total. The number of aliphatic hydroxyl groups is 1. The third kappa shape index (κ3) is 2.96. The van der Waals surface area contributed by atoms with Crippen LogP contribution in [0.5, 0.6) is 5.75 Å². The van der Waals surface area contributed by atoms with Gasteiger partial charge in [-0.3, -0.25) is 0 Å². The van der Waals surface area contributed by atoms with Crippen LogP contribution in [-0.2, 0) is 5.41 Å². The Balaban J connectivity index is 2.44. The highest BCUT2D eigenvalue weighted by Gasteiger charge is 2.32. The van der Waals surface area contributed by atoms with Crippen molar-refractivity contribution in [1.29, 1.82) is 0 Å². The number of ether oxygens (including phenoxy) is 1. The minimum absolute atomic E-state index is 0.354. The SMILES string of the molecule is COc1cc(C)c(C(O)C(C)(C)c2ccccc2)cc1C. The molecule has 2 aromatic rings. The molecule has 2 rings (SSSR count). The lowest BCUT2D eigenvalue weighted by Gasteiger charge is -2.32. The molecule has 0 aromatic heterocycles. The molecule has 0 saturated heterocycles. The zero-order valence-corrected chi connectivity index (χ0v) is 13.5. The molecular formula is C19H24O2.